The van der Waals surface area contributed by atoms with Crippen LogP contribution in [0, 0.1) is 0 Å². The largest absolute Gasteiger partial charge is 0.416 e. The van der Waals surface area contributed by atoms with Crippen LogP contribution in [0.3, 0.4) is 0 Å². The van der Waals surface area contributed by atoms with Gasteiger partial charge in [-0.15, -0.1) is 0 Å². The van der Waals surface area contributed by atoms with Crippen molar-refractivity contribution in [1.82, 2.24) is 5.32 Å². The van der Waals surface area contributed by atoms with Gasteiger partial charge in [-0.3, -0.25) is 4.79 Å². The Labute approximate surface area is 183 Å². The second kappa shape index (κ2) is 8.68. The zero-order chi connectivity index (χ0) is 23.0. The van der Waals surface area contributed by atoms with Crippen LogP contribution in [0.5, 0.6) is 0 Å². The van der Waals surface area contributed by atoms with Gasteiger partial charge in [-0.2, -0.15) is 26.3 Å². The molecule has 2 aromatic carbocycles. The van der Waals surface area contributed by atoms with E-state index in [0.29, 0.717) is 0 Å². The molecule has 0 spiro atoms. The first-order valence-electron chi connectivity index (χ1n) is 8.76. The van der Waals surface area contributed by atoms with Gasteiger partial charge in [0.15, 0.2) is 5.78 Å². The van der Waals surface area contributed by atoms with Crippen molar-refractivity contribution in [2.24, 2.45) is 0 Å². The summed E-state index contributed by atoms with van der Waals surface area (Å²) in [4.78, 5) is 12.8. The van der Waals surface area contributed by atoms with Gasteiger partial charge in [0.05, 0.1) is 11.1 Å². The molecule has 1 fully saturated rings. The number of hydrogen-bond acceptors (Lipinski definition) is 2. The Morgan fingerprint density at radius 3 is 1.48 bits per heavy atom. The highest BCUT2D eigenvalue weighted by atomic mass is 35.5. The van der Waals surface area contributed by atoms with Crippen LogP contribution < -0.4 is 5.32 Å². The predicted octanol–water partition coefficient (Wildman–Crippen LogP) is 6.67. The number of carbonyl (C=O) groups excluding carboxylic acids is 1. The molecule has 3 rings (SSSR count). The summed E-state index contributed by atoms with van der Waals surface area (Å²) in [5.74, 6) is -0.527. The summed E-state index contributed by atoms with van der Waals surface area (Å²) in [5.41, 5.74) is -1.62. The number of carbonyl (C=O) groups is 1. The average Bonchev–Trinajstić information content (AvgIpc) is 2.66. The first kappa shape index (κ1) is 23.4. The van der Waals surface area contributed by atoms with Gasteiger partial charge in [-0.25, -0.2) is 0 Å². The lowest BCUT2D eigenvalue weighted by Crippen LogP contribution is -2.32. The highest BCUT2D eigenvalue weighted by molar-refractivity contribution is 6.33. The van der Waals surface area contributed by atoms with Gasteiger partial charge in [-0.1, -0.05) is 23.2 Å². The smallest absolute Gasteiger partial charge is 0.308 e. The van der Waals surface area contributed by atoms with Crippen LogP contribution in [0.15, 0.2) is 47.5 Å². The minimum Gasteiger partial charge on any atom is -0.308 e. The van der Waals surface area contributed by atoms with Crippen LogP contribution >= 0.6 is 23.2 Å². The van der Waals surface area contributed by atoms with E-state index in [4.69, 9.17) is 23.2 Å². The van der Waals surface area contributed by atoms with E-state index in [9.17, 15) is 31.1 Å². The van der Waals surface area contributed by atoms with Gasteiger partial charge in [0.1, 0.15) is 0 Å². The Balaban J connectivity index is 1.98. The molecule has 0 atom stereocenters. The number of Topliss-reactive ketones (excluding diaryl/α,β-unsaturated/α-hetero) is 1. The molecule has 1 saturated heterocycles. The Kier molecular flexibility index (Phi) is 6.55. The zero-order valence-electron chi connectivity index (χ0n) is 15.5. The molecule has 1 N–H and O–H groups in total. The first-order valence-corrected chi connectivity index (χ1v) is 9.52. The van der Waals surface area contributed by atoms with Gasteiger partial charge < -0.3 is 5.32 Å². The topological polar surface area (TPSA) is 29.1 Å². The predicted molar refractivity (Wildman–Crippen MR) is 107 cm³/mol. The highest BCUT2D eigenvalue weighted by Gasteiger charge is 2.32. The Bertz CT molecular complexity index is 1000. The standard InChI is InChI=1S/C21H13Cl2F6NO/c22-17-3-1-15(20(24,25)26)7-11(17)5-13-9-30-10-14(19(13)31)6-12-8-16(21(27,28)29)2-4-18(12)23/h1-8,30H,9-10H2/b13-5+,14-6+. The fourth-order valence-corrected chi connectivity index (χ4v) is 3.31. The number of hydrogen-bond donors (Lipinski definition) is 1. The number of alkyl halides is 6. The summed E-state index contributed by atoms with van der Waals surface area (Å²) in [6.07, 6.45) is -6.71. The normalized spacial score (nSPS) is 18.1. The van der Waals surface area contributed by atoms with E-state index in [2.05, 4.69) is 5.32 Å². The summed E-state index contributed by atoms with van der Waals surface area (Å²) in [5, 5.41) is 2.93. The number of rotatable bonds is 2. The van der Waals surface area contributed by atoms with E-state index in [1.165, 1.54) is 12.2 Å². The second-order valence-electron chi connectivity index (χ2n) is 6.74. The number of halogens is 8. The minimum absolute atomic E-state index is 0.00000662. The fraction of sp³-hybridized carbons (Fsp3) is 0.190. The van der Waals surface area contributed by atoms with Crippen LogP contribution in [0.1, 0.15) is 22.3 Å². The maximum absolute atomic E-state index is 13.0. The minimum atomic E-state index is -4.59. The number of piperidine rings is 1. The average molecular weight is 480 g/mol. The van der Waals surface area contributed by atoms with E-state index >= 15 is 0 Å². The van der Waals surface area contributed by atoms with Crippen molar-refractivity contribution in [3.05, 3.63) is 79.8 Å². The van der Waals surface area contributed by atoms with E-state index in [0.717, 1.165) is 36.4 Å². The summed E-state index contributed by atoms with van der Waals surface area (Å²) in [7, 11) is 0. The van der Waals surface area contributed by atoms with Crippen LogP contribution in [-0.4, -0.2) is 18.9 Å². The van der Waals surface area contributed by atoms with E-state index in [1.54, 1.807) is 0 Å². The Hall–Kier alpha value is -2.29. The fourth-order valence-electron chi connectivity index (χ4n) is 2.97. The highest BCUT2D eigenvalue weighted by Crippen LogP contribution is 2.34. The second-order valence-corrected chi connectivity index (χ2v) is 7.55. The lowest BCUT2D eigenvalue weighted by atomic mass is 9.95. The molecule has 0 unspecified atom stereocenters. The maximum Gasteiger partial charge on any atom is 0.416 e. The Morgan fingerprint density at radius 1 is 0.742 bits per heavy atom. The molecular weight excluding hydrogens is 467 g/mol. The summed E-state index contributed by atoms with van der Waals surface area (Å²) >= 11 is 12.0. The van der Waals surface area contributed by atoms with Gasteiger partial charge in [-0.05, 0) is 59.7 Å². The molecule has 0 bridgehead atoms. The molecule has 1 aliphatic heterocycles. The van der Waals surface area contributed by atoms with Gasteiger partial charge in [0.25, 0.3) is 0 Å². The third-order valence-electron chi connectivity index (χ3n) is 4.52. The molecule has 1 aliphatic rings. The lowest BCUT2D eigenvalue weighted by molar-refractivity contribution is -0.138. The molecule has 1 heterocycles. The van der Waals surface area contributed by atoms with Gasteiger partial charge in [0.2, 0.25) is 0 Å². The third-order valence-corrected chi connectivity index (χ3v) is 5.21. The zero-order valence-corrected chi connectivity index (χ0v) is 17.0. The molecule has 2 nitrogen and oxygen atoms in total. The van der Waals surface area contributed by atoms with Crippen LogP contribution in [0.25, 0.3) is 12.2 Å². The van der Waals surface area contributed by atoms with E-state index < -0.39 is 29.3 Å². The number of nitrogens with one attached hydrogen (secondary N) is 1. The molecule has 164 valence electrons. The molecule has 2 aromatic rings. The molecular formula is C21H13Cl2F6NO. The van der Waals surface area contributed by atoms with E-state index in [-0.39, 0.29) is 45.4 Å². The molecule has 0 radical (unpaired) electrons. The van der Waals surface area contributed by atoms with Crippen LogP contribution in [-0.2, 0) is 17.1 Å². The van der Waals surface area contributed by atoms with Crippen molar-refractivity contribution in [2.75, 3.05) is 13.1 Å². The molecule has 0 aromatic heterocycles. The SMILES string of the molecule is O=C1/C(=C/c2cc(C(F)(F)F)ccc2Cl)CNC/C1=C\c1cc(C(F)(F)F)ccc1Cl. The van der Waals surface area contributed by atoms with Crippen LogP contribution in [0.4, 0.5) is 26.3 Å². The lowest BCUT2D eigenvalue weighted by Gasteiger charge is -2.19. The molecule has 0 aliphatic carbocycles. The maximum atomic E-state index is 13.0. The molecule has 0 saturated carbocycles. The van der Waals surface area contributed by atoms with Gasteiger partial charge in [0, 0.05) is 34.3 Å². The van der Waals surface area contributed by atoms with Crippen molar-refractivity contribution in [2.45, 2.75) is 12.4 Å². The van der Waals surface area contributed by atoms with Crippen molar-refractivity contribution < 1.29 is 31.1 Å². The summed E-state index contributed by atoms with van der Waals surface area (Å²) in [6.45, 7) is 0.109. The number of benzene rings is 2. The van der Waals surface area contributed by atoms with Crippen molar-refractivity contribution in [1.29, 1.82) is 0 Å². The molecule has 0 amide bonds. The quantitative estimate of drug-likeness (QED) is 0.384. The van der Waals surface area contributed by atoms with Crippen molar-refractivity contribution in [3.63, 3.8) is 0 Å². The van der Waals surface area contributed by atoms with Crippen molar-refractivity contribution in [3.8, 4) is 0 Å². The van der Waals surface area contributed by atoms with E-state index in [1.807, 2.05) is 0 Å². The summed E-state index contributed by atoms with van der Waals surface area (Å²) in [6, 6.07) is 5.46. The van der Waals surface area contributed by atoms with Crippen LogP contribution in [0.2, 0.25) is 10.0 Å². The number of ketones is 1. The molecule has 10 heteroatoms. The van der Waals surface area contributed by atoms with Crippen molar-refractivity contribution >= 4 is 41.1 Å². The Morgan fingerprint density at radius 2 is 1.13 bits per heavy atom. The first-order chi connectivity index (χ1) is 14.4. The third kappa shape index (κ3) is 5.50. The molecule has 31 heavy (non-hydrogen) atoms. The summed E-state index contributed by atoms with van der Waals surface area (Å²) < 4.78 is 77.8. The monoisotopic (exact) mass is 479 g/mol. The van der Waals surface area contributed by atoms with Gasteiger partial charge >= 0.3 is 12.4 Å².